The summed E-state index contributed by atoms with van der Waals surface area (Å²) in [5, 5.41) is 0. The van der Waals surface area contributed by atoms with Gasteiger partial charge in [0.05, 0.1) is 5.60 Å². The van der Waals surface area contributed by atoms with Crippen LogP contribution in [0.4, 0.5) is 4.39 Å². The molecule has 4 atom stereocenters. The Balaban J connectivity index is 1.99. The van der Waals surface area contributed by atoms with Gasteiger partial charge in [-0.3, -0.25) is 14.3 Å². The molecule has 2 fully saturated rings. The second kappa shape index (κ2) is 4.55. The third-order valence-corrected chi connectivity index (χ3v) is 4.81. The zero-order valence-corrected chi connectivity index (χ0v) is 11.6. The van der Waals surface area contributed by atoms with E-state index in [0.717, 1.165) is 23.8 Å². The van der Waals surface area contributed by atoms with Crippen molar-refractivity contribution in [1.29, 1.82) is 0 Å². The van der Waals surface area contributed by atoms with Gasteiger partial charge in [0.15, 0.2) is 12.4 Å². The Morgan fingerprint density at radius 1 is 1.50 bits per heavy atom. The van der Waals surface area contributed by atoms with Crippen LogP contribution in [0.5, 0.6) is 0 Å². The maximum Gasteiger partial charge on any atom is 0.330 e. The number of H-pyrrole nitrogens is 1. The highest BCUT2D eigenvalue weighted by molar-refractivity contribution is 5.06. The fraction of sp³-hybridized carbons (Fsp3) is 0.714. The van der Waals surface area contributed by atoms with Gasteiger partial charge >= 0.3 is 5.69 Å². The summed E-state index contributed by atoms with van der Waals surface area (Å²) in [5.74, 6) is 0.119. The van der Waals surface area contributed by atoms with Gasteiger partial charge in [-0.1, -0.05) is 13.8 Å². The van der Waals surface area contributed by atoms with Gasteiger partial charge < -0.3 is 4.74 Å². The van der Waals surface area contributed by atoms with Crippen molar-refractivity contribution >= 4 is 0 Å². The normalized spacial score (nSPS) is 37.2. The summed E-state index contributed by atoms with van der Waals surface area (Å²) in [4.78, 5) is 25.1. The summed E-state index contributed by atoms with van der Waals surface area (Å²) in [5.41, 5.74) is -1.60. The van der Waals surface area contributed by atoms with Crippen molar-refractivity contribution in [3.63, 3.8) is 0 Å². The fourth-order valence-electron chi connectivity index (χ4n) is 3.49. The first kappa shape index (κ1) is 13.5. The lowest BCUT2D eigenvalue weighted by molar-refractivity contribution is -0.104. The molecule has 110 valence electrons. The third-order valence-electron chi connectivity index (χ3n) is 4.81. The summed E-state index contributed by atoms with van der Waals surface area (Å²) in [6.07, 6.45) is 1.95. The zero-order valence-electron chi connectivity index (χ0n) is 11.6. The lowest BCUT2D eigenvalue weighted by Gasteiger charge is -2.32. The maximum atomic E-state index is 14.6. The van der Waals surface area contributed by atoms with Crippen LogP contribution in [-0.4, -0.2) is 21.3 Å². The van der Waals surface area contributed by atoms with E-state index in [9.17, 15) is 14.0 Å². The van der Waals surface area contributed by atoms with Crippen LogP contribution < -0.4 is 11.2 Å². The zero-order chi connectivity index (χ0) is 14.5. The number of hydrogen-bond acceptors (Lipinski definition) is 3. The van der Waals surface area contributed by atoms with E-state index in [4.69, 9.17) is 4.74 Å². The lowest BCUT2D eigenvalue weighted by Crippen LogP contribution is -2.37. The SMILES string of the molecule is CC[C@@]1(C2CC2)O[C@@H](n2ccc(=O)[nH]c2=O)[C@H](F)[C@@H]1C. The molecule has 3 rings (SSSR count). The van der Waals surface area contributed by atoms with Crippen LogP contribution in [0.3, 0.4) is 0 Å². The molecule has 0 spiro atoms. The molecule has 20 heavy (non-hydrogen) atoms. The number of halogens is 1. The van der Waals surface area contributed by atoms with E-state index in [0.29, 0.717) is 5.92 Å². The Morgan fingerprint density at radius 3 is 2.75 bits per heavy atom. The van der Waals surface area contributed by atoms with Crippen LogP contribution in [0.2, 0.25) is 0 Å². The average Bonchev–Trinajstić information content (AvgIpc) is 3.22. The molecular formula is C14H19FN2O3. The molecule has 0 unspecified atom stereocenters. The molecule has 1 saturated heterocycles. The number of nitrogens with zero attached hydrogens (tertiary/aromatic N) is 1. The molecule has 0 aromatic carbocycles. The maximum absolute atomic E-state index is 14.6. The Kier molecular flexibility index (Phi) is 3.08. The van der Waals surface area contributed by atoms with Crippen molar-refractivity contribution in [2.75, 3.05) is 0 Å². The summed E-state index contributed by atoms with van der Waals surface area (Å²) in [6.45, 7) is 3.85. The minimum Gasteiger partial charge on any atom is -0.348 e. The second-order valence-electron chi connectivity index (χ2n) is 5.84. The van der Waals surface area contributed by atoms with Gasteiger partial charge in [-0.25, -0.2) is 9.18 Å². The Morgan fingerprint density at radius 2 is 2.20 bits per heavy atom. The topological polar surface area (TPSA) is 64.1 Å². The van der Waals surface area contributed by atoms with E-state index in [-0.39, 0.29) is 5.92 Å². The van der Waals surface area contributed by atoms with Crippen LogP contribution in [0, 0.1) is 11.8 Å². The van der Waals surface area contributed by atoms with Crippen LogP contribution in [0.15, 0.2) is 21.9 Å². The van der Waals surface area contributed by atoms with E-state index >= 15 is 0 Å². The highest BCUT2D eigenvalue weighted by atomic mass is 19.1. The number of rotatable bonds is 3. The van der Waals surface area contributed by atoms with E-state index in [1.807, 2.05) is 13.8 Å². The van der Waals surface area contributed by atoms with Crippen LogP contribution >= 0.6 is 0 Å². The monoisotopic (exact) mass is 282 g/mol. The molecule has 1 aromatic heterocycles. The molecule has 0 radical (unpaired) electrons. The van der Waals surface area contributed by atoms with E-state index in [2.05, 4.69) is 4.98 Å². The first-order chi connectivity index (χ1) is 9.49. The van der Waals surface area contributed by atoms with Crippen molar-refractivity contribution in [2.45, 2.75) is 51.1 Å². The highest BCUT2D eigenvalue weighted by Crippen LogP contribution is 2.56. The second-order valence-corrected chi connectivity index (χ2v) is 5.84. The quantitative estimate of drug-likeness (QED) is 0.915. The Hall–Kier alpha value is -1.43. The number of hydrogen-bond donors (Lipinski definition) is 1. The van der Waals surface area contributed by atoms with Crippen LogP contribution in [0.1, 0.15) is 39.3 Å². The van der Waals surface area contributed by atoms with Gasteiger partial charge in [0.25, 0.3) is 5.56 Å². The van der Waals surface area contributed by atoms with Crippen LogP contribution in [0.25, 0.3) is 0 Å². The largest absolute Gasteiger partial charge is 0.348 e. The molecule has 0 bridgehead atoms. The smallest absolute Gasteiger partial charge is 0.330 e. The van der Waals surface area contributed by atoms with Crippen molar-refractivity contribution in [3.8, 4) is 0 Å². The average molecular weight is 282 g/mol. The number of aromatic amines is 1. The summed E-state index contributed by atoms with van der Waals surface area (Å²) < 4.78 is 21.8. The molecule has 6 heteroatoms. The van der Waals surface area contributed by atoms with Gasteiger partial charge in [0, 0.05) is 18.2 Å². The number of ether oxygens (including phenoxy) is 1. The van der Waals surface area contributed by atoms with Crippen molar-refractivity contribution in [3.05, 3.63) is 33.1 Å². The van der Waals surface area contributed by atoms with E-state index in [1.54, 1.807) is 0 Å². The van der Waals surface area contributed by atoms with Gasteiger partial charge in [-0.2, -0.15) is 0 Å². The van der Waals surface area contributed by atoms with E-state index in [1.165, 1.54) is 12.3 Å². The molecule has 1 N–H and O–H groups in total. The van der Waals surface area contributed by atoms with Gasteiger partial charge in [-0.15, -0.1) is 0 Å². The van der Waals surface area contributed by atoms with Gasteiger partial charge in [0.1, 0.15) is 0 Å². The summed E-state index contributed by atoms with van der Waals surface area (Å²) in [7, 11) is 0. The molecular weight excluding hydrogens is 263 g/mol. The van der Waals surface area contributed by atoms with E-state index < -0.39 is 29.2 Å². The third kappa shape index (κ3) is 1.85. The molecule has 2 aliphatic rings. The first-order valence-corrected chi connectivity index (χ1v) is 7.13. The highest BCUT2D eigenvalue weighted by Gasteiger charge is 2.59. The minimum absolute atomic E-state index is 0.260. The Bertz CT molecular complexity index is 621. The molecule has 2 heterocycles. The van der Waals surface area contributed by atoms with Crippen LogP contribution in [-0.2, 0) is 4.74 Å². The molecule has 5 nitrogen and oxygen atoms in total. The van der Waals surface area contributed by atoms with Crippen molar-refractivity contribution < 1.29 is 9.13 Å². The predicted molar refractivity (Wildman–Crippen MR) is 71.3 cm³/mol. The number of nitrogens with one attached hydrogen (secondary N) is 1. The van der Waals surface area contributed by atoms with Gasteiger partial charge in [0.2, 0.25) is 0 Å². The predicted octanol–water partition coefficient (Wildman–Crippen LogP) is 1.60. The lowest BCUT2D eigenvalue weighted by atomic mass is 9.81. The fourth-order valence-corrected chi connectivity index (χ4v) is 3.49. The van der Waals surface area contributed by atoms with Gasteiger partial charge in [-0.05, 0) is 25.2 Å². The number of aromatic nitrogens is 2. The number of alkyl halides is 1. The van der Waals surface area contributed by atoms with Crippen molar-refractivity contribution in [2.24, 2.45) is 11.8 Å². The molecule has 1 aromatic rings. The molecule has 1 aliphatic heterocycles. The molecule has 1 aliphatic carbocycles. The molecule has 0 amide bonds. The molecule has 1 saturated carbocycles. The minimum atomic E-state index is -1.25. The summed E-state index contributed by atoms with van der Waals surface area (Å²) in [6, 6.07) is 1.21. The standard InChI is InChI=1S/C14H19FN2O3/c1-3-14(9-4-5-9)8(2)11(15)12(20-14)17-7-6-10(18)16-13(17)19/h6-9,11-12H,3-5H2,1-2H3,(H,16,18,19)/t8-,11+,12+,14+/m0/s1. The first-order valence-electron chi connectivity index (χ1n) is 7.13. The Labute approximate surface area is 115 Å². The summed E-state index contributed by atoms with van der Waals surface area (Å²) >= 11 is 0. The van der Waals surface area contributed by atoms with Crippen molar-refractivity contribution in [1.82, 2.24) is 9.55 Å².